The molecule has 1 aliphatic heterocycles. The SMILES string of the molecule is CN(C)[C@H]1CCCCN(c2nc3ccccc3s2)C1. The Morgan fingerprint density at radius 2 is 2.11 bits per heavy atom. The molecule has 1 atom stereocenters. The van der Waals surface area contributed by atoms with E-state index in [9.17, 15) is 0 Å². The van der Waals surface area contributed by atoms with Gasteiger partial charge < -0.3 is 9.80 Å². The van der Waals surface area contributed by atoms with E-state index < -0.39 is 0 Å². The summed E-state index contributed by atoms with van der Waals surface area (Å²) in [6.07, 6.45) is 3.90. The van der Waals surface area contributed by atoms with Crippen LogP contribution in [-0.2, 0) is 0 Å². The van der Waals surface area contributed by atoms with Crippen molar-refractivity contribution in [2.24, 2.45) is 0 Å². The lowest BCUT2D eigenvalue weighted by molar-refractivity contribution is 0.285. The summed E-state index contributed by atoms with van der Waals surface area (Å²) in [5.74, 6) is 0. The number of para-hydroxylation sites is 1. The second kappa shape index (κ2) is 5.47. The molecule has 1 saturated heterocycles. The summed E-state index contributed by atoms with van der Waals surface area (Å²) in [5.41, 5.74) is 1.13. The number of nitrogens with zero attached hydrogens (tertiary/aromatic N) is 3. The van der Waals surface area contributed by atoms with E-state index in [1.54, 1.807) is 0 Å². The largest absolute Gasteiger partial charge is 0.346 e. The van der Waals surface area contributed by atoms with Crippen LogP contribution < -0.4 is 4.90 Å². The van der Waals surface area contributed by atoms with E-state index in [0.29, 0.717) is 6.04 Å². The average molecular weight is 275 g/mol. The number of hydrogen-bond acceptors (Lipinski definition) is 4. The van der Waals surface area contributed by atoms with Gasteiger partial charge >= 0.3 is 0 Å². The number of fused-ring (bicyclic) bond motifs is 1. The van der Waals surface area contributed by atoms with Crippen LogP contribution in [-0.4, -0.2) is 43.1 Å². The highest BCUT2D eigenvalue weighted by Crippen LogP contribution is 2.30. The third-order valence-corrected chi connectivity index (χ3v) is 5.03. The maximum absolute atomic E-state index is 4.80. The highest BCUT2D eigenvalue weighted by Gasteiger charge is 2.21. The van der Waals surface area contributed by atoms with E-state index in [2.05, 4.69) is 48.2 Å². The summed E-state index contributed by atoms with van der Waals surface area (Å²) < 4.78 is 1.29. The highest BCUT2D eigenvalue weighted by atomic mass is 32.1. The Balaban J connectivity index is 1.86. The molecule has 3 rings (SSSR count). The van der Waals surface area contributed by atoms with Crippen molar-refractivity contribution in [3.63, 3.8) is 0 Å². The minimum absolute atomic E-state index is 0.648. The van der Waals surface area contributed by atoms with E-state index in [1.807, 2.05) is 11.3 Å². The van der Waals surface area contributed by atoms with E-state index in [0.717, 1.165) is 18.6 Å². The Labute approximate surface area is 118 Å². The standard InChI is InChI=1S/C15H21N3S/c1-17(2)12-7-5-6-10-18(11-12)15-16-13-8-3-4-9-14(13)19-15/h3-4,8-9,12H,5-7,10-11H2,1-2H3/t12-/m0/s1. The third-order valence-electron chi connectivity index (χ3n) is 3.93. The molecule has 3 nitrogen and oxygen atoms in total. The van der Waals surface area contributed by atoms with Crippen molar-refractivity contribution in [2.45, 2.75) is 25.3 Å². The van der Waals surface area contributed by atoms with Crippen LogP contribution in [0.5, 0.6) is 0 Å². The quantitative estimate of drug-likeness (QED) is 0.839. The van der Waals surface area contributed by atoms with Crippen molar-refractivity contribution >= 4 is 26.7 Å². The molecule has 1 aromatic carbocycles. The molecular weight excluding hydrogens is 254 g/mol. The van der Waals surface area contributed by atoms with Gasteiger partial charge in [-0.05, 0) is 39.1 Å². The molecule has 102 valence electrons. The number of aromatic nitrogens is 1. The molecule has 0 radical (unpaired) electrons. The molecule has 0 bridgehead atoms. The number of hydrogen-bond donors (Lipinski definition) is 0. The van der Waals surface area contributed by atoms with Gasteiger partial charge in [-0.2, -0.15) is 0 Å². The fourth-order valence-corrected chi connectivity index (χ4v) is 3.71. The van der Waals surface area contributed by atoms with Crippen LogP contribution in [0.1, 0.15) is 19.3 Å². The van der Waals surface area contributed by atoms with Crippen LogP contribution in [0.4, 0.5) is 5.13 Å². The van der Waals surface area contributed by atoms with E-state index in [1.165, 1.54) is 29.1 Å². The predicted octanol–water partition coefficient (Wildman–Crippen LogP) is 3.22. The van der Waals surface area contributed by atoms with Crippen LogP contribution in [0.2, 0.25) is 0 Å². The molecule has 1 fully saturated rings. The van der Waals surface area contributed by atoms with Gasteiger partial charge in [0.25, 0.3) is 0 Å². The molecule has 1 aromatic heterocycles. The molecular formula is C15H21N3S. The first-order valence-corrected chi connectivity index (χ1v) is 7.82. The molecule has 2 aromatic rings. The summed E-state index contributed by atoms with van der Waals surface area (Å²) in [6.45, 7) is 2.25. The highest BCUT2D eigenvalue weighted by molar-refractivity contribution is 7.22. The number of likely N-dealkylation sites (N-methyl/N-ethyl adjacent to an activating group) is 1. The summed E-state index contributed by atoms with van der Waals surface area (Å²) >= 11 is 1.82. The smallest absolute Gasteiger partial charge is 0.186 e. The normalized spacial score (nSPS) is 21.0. The molecule has 0 spiro atoms. The van der Waals surface area contributed by atoms with Gasteiger partial charge in [0, 0.05) is 19.1 Å². The van der Waals surface area contributed by atoms with Gasteiger partial charge in [0.05, 0.1) is 10.2 Å². The van der Waals surface area contributed by atoms with Crippen LogP contribution in [0.25, 0.3) is 10.2 Å². The lowest BCUT2D eigenvalue weighted by Gasteiger charge is -2.28. The Hall–Kier alpha value is -1.13. The van der Waals surface area contributed by atoms with Gasteiger partial charge in [-0.1, -0.05) is 29.9 Å². The fraction of sp³-hybridized carbons (Fsp3) is 0.533. The second-order valence-electron chi connectivity index (χ2n) is 5.52. The minimum atomic E-state index is 0.648. The molecule has 0 saturated carbocycles. The fourth-order valence-electron chi connectivity index (χ4n) is 2.71. The zero-order valence-corrected chi connectivity index (χ0v) is 12.5. The Bertz CT molecular complexity index is 516. The van der Waals surface area contributed by atoms with Gasteiger partial charge in [-0.15, -0.1) is 0 Å². The van der Waals surface area contributed by atoms with Crippen LogP contribution in [0.3, 0.4) is 0 Å². The zero-order chi connectivity index (χ0) is 13.2. The number of anilines is 1. The van der Waals surface area contributed by atoms with E-state index in [4.69, 9.17) is 4.98 Å². The van der Waals surface area contributed by atoms with Crippen molar-refractivity contribution < 1.29 is 0 Å². The lowest BCUT2D eigenvalue weighted by Crippen LogP contribution is -2.39. The summed E-state index contributed by atoms with van der Waals surface area (Å²) in [5, 5.41) is 1.19. The first-order valence-electron chi connectivity index (χ1n) is 7.01. The molecule has 4 heteroatoms. The molecule has 2 heterocycles. The summed E-state index contributed by atoms with van der Waals surface area (Å²) in [6, 6.07) is 9.08. The number of thiazole rings is 1. The first kappa shape index (κ1) is 12.9. The monoisotopic (exact) mass is 275 g/mol. The van der Waals surface area contributed by atoms with Crippen molar-refractivity contribution in [2.75, 3.05) is 32.1 Å². The molecule has 0 aliphatic carbocycles. The van der Waals surface area contributed by atoms with Crippen LogP contribution in [0, 0.1) is 0 Å². The van der Waals surface area contributed by atoms with Crippen LogP contribution >= 0.6 is 11.3 Å². The van der Waals surface area contributed by atoms with Gasteiger partial charge in [0.2, 0.25) is 0 Å². The van der Waals surface area contributed by atoms with Crippen molar-refractivity contribution in [1.82, 2.24) is 9.88 Å². The number of rotatable bonds is 2. The number of benzene rings is 1. The molecule has 1 aliphatic rings. The average Bonchev–Trinajstić information content (AvgIpc) is 2.67. The predicted molar refractivity (Wildman–Crippen MR) is 83.2 cm³/mol. The summed E-state index contributed by atoms with van der Waals surface area (Å²) in [7, 11) is 4.37. The molecule has 0 unspecified atom stereocenters. The first-order chi connectivity index (χ1) is 9.24. The third kappa shape index (κ3) is 2.74. The van der Waals surface area contributed by atoms with Gasteiger partial charge in [0.1, 0.15) is 0 Å². The molecule has 19 heavy (non-hydrogen) atoms. The van der Waals surface area contributed by atoms with Crippen LogP contribution in [0.15, 0.2) is 24.3 Å². The Kier molecular flexibility index (Phi) is 3.71. The maximum Gasteiger partial charge on any atom is 0.186 e. The van der Waals surface area contributed by atoms with Crippen molar-refractivity contribution in [3.8, 4) is 0 Å². The van der Waals surface area contributed by atoms with Crippen molar-refractivity contribution in [1.29, 1.82) is 0 Å². The Morgan fingerprint density at radius 3 is 2.89 bits per heavy atom. The van der Waals surface area contributed by atoms with E-state index >= 15 is 0 Å². The second-order valence-corrected chi connectivity index (χ2v) is 6.53. The van der Waals surface area contributed by atoms with Gasteiger partial charge in [-0.3, -0.25) is 0 Å². The van der Waals surface area contributed by atoms with Gasteiger partial charge in [0.15, 0.2) is 5.13 Å². The van der Waals surface area contributed by atoms with E-state index in [-0.39, 0.29) is 0 Å². The van der Waals surface area contributed by atoms with Crippen molar-refractivity contribution in [3.05, 3.63) is 24.3 Å². The zero-order valence-electron chi connectivity index (χ0n) is 11.7. The molecule has 0 amide bonds. The topological polar surface area (TPSA) is 19.4 Å². The summed E-state index contributed by atoms with van der Waals surface area (Å²) in [4.78, 5) is 9.63. The Morgan fingerprint density at radius 1 is 1.26 bits per heavy atom. The molecule has 0 N–H and O–H groups in total. The maximum atomic E-state index is 4.80. The minimum Gasteiger partial charge on any atom is -0.346 e. The lowest BCUT2D eigenvalue weighted by atomic mass is 10.1. The van der Waals surface area contributed by atoms with Gasteiger partial charge in [-0.25, -0.2) is 4.98 Å².